The monoisotopic (exact) mass is 264 g/mol. The zero-order valence-corrected chi connectivity index (χ0v) is 11.1. The maximum absolute atomic E-state index is 12.1. The quantitative estimate of drug-likeness (QED) is 0.906. The van der Waals surface area contributed by atoms with Gasteiger partial charge in [-0.1, -0.05) is 11.6 Å². The third-order valence-electron chi connectivity index (χ3n) is 2.76. The molecule has 0 aliphatic rings. The lowest BCUT2D eigenvalue weighted by molar-refractivity contribution is 0.102. The average molecular weight is 265 g/mol. The van der Waals surface area contributed by atoms with E-state index in [0.717, 1.165) is 11.4 Å². The van der Waals surface area contributed by atoms with E-state index < -0.39 is 0 Å². The summed E-state index contributed by atoms with van der Waals surface area (Å²) >= 11 is 5.95. The van der Waals surface area contributed by atoms with Gasteiger partial charge in [-0.2, -0.15) is 5.10 Å². The Hall–Kier alpha value is -1.88. The van der Waals surface area contributed by atoms with Crippen LogP contribution in [0.2, 0.25) is 5.02 Å². The highest BCUT2D eigenvalue weighted by atomic mass is 35.5. The molecule has 0 radical (unpaired) electrons. The van der Waals surface area contributed by atoms with Crippen molar-refractivity contribution < 1.29 is 4.79 Å². The van der Waals surface area contributed by atoms with Crippen molar-refractivity contribution in [1.29, 1.82) is 0 Å². The lowest BCUT2D eigenvalue weighted by atomic mass is 10.2. The van der Waals surface area contributed by atoms with Crippen LogP contribution in [0, 0.1) is 13.8 Å². The molecule has 5 nitrogen and oxygen atoms in total. The van der Waals surface area contributed by atoms with E-state index in [0.29, 0.717) is 16.3 Å². The number of hydrogen-bond donors (Lipinski definition) is 1. The maximum Gasteiger partial charge on any atom is 0.258 e. The molecular weight excluding hydrogens is 252 g/mol. The second-order valence-electron chi connectivity index (χ2n) is 3.98. The van der Waals surface area contributed by atoms with Crippen LogP contribution in [0.1, 0.15) is 21.7 Å². The number of nitrogens with one attached hydrogen (secondary N) is 1. The number of anilines is 1. The number of aromatic nitrogens is 3. The summed E-state index contributed by atoms with van der Waals surface area (Å²) < 4.78 is 1.72. The van der Waals surface area contributed by atoms with Gasteiger partial charge in [0.25, 0.3) is 5.91 Å². The minimum absolute atomic E-state index is 0.285. The molecule has 2 heterocycles. The number of hydrogen-bond acceptors (Lipinski definition) is 3. The van der Waals surface area contributed by atoms with Crippen molar-refractivity contribution >= 4 is 23.2 Å². The van der Waals surface area contributed by atoms with Crippen molar-refractivity contribution in [3.63, 3.8) is 0 Å². The number of amides is 1. The van der Waals surface area contributed by atoms with E-state index >= 15 is 0 Å². The first-order valence-electron chi connectivity index (χ1n) is 5.41. The van der Waals surface area contributed by atoms with Crippen LogP contribution in [0.25, 0.3) is 0 Å². The molecule has 0 aliphatic heterocycles. The van der Waals surface area contributed by atoms with Crippen LogP contribution in [0.4, 0.5) is 5.69 Å². The average Bonchev–Trinajstić information content (AvgIpc) is 2.56. The normalized spacial score (nSPS) is 10.4. The molecule has 0 fully saturated rings. The van der Waals surface area contributed by atoms with Crippen molar-refractivity contribution in [3.05, 3.63) is 40.4 Å². The summed E-state index contributed by atoms with van der Waals surface area (Å²) in [6, 6.07) is 1.58. The summed E-state index contributed by atoms with van der Waals surface area (Å²) in [5.74, 6) is -0.285. The first kappa shape index (κ1) is 12.6. The van der Waals surface area contributed by atoms with Crippen LogP contribution in [-0.2, 0) is 7.05 Å². The Balaban J connectivity index is 2.30. The molecule has 0 aliphatic carbocycles. The van der Waals surface area contributed by atoms with Crippen molar-refractivity contribution in [2.45, 2.75) is 13.8 Å². The molecule has 0 unspecified atom stereocenters. The Kier molecular flexibility index (Phi) is 3.34. The van der Waals surface area contributed by atoms with E-state index in [1.165, 1.54) is 6.20 Å². The predicted molar refractivity (Wildman–Crippen MR) is 69.9 cm³/mol. The van der Waals surface area contributed by atoms with E-state index in [1.807, 2.05) is 20.9 Å². The number of halogens is 1. The molecule has 0 aromatic carbocycles. The Bertz CT molecular complexity index is 606. The van der Waals surface area contributed by atoms with Gasteiger partial charge in [-0.05, 0) is 19.9 Å². The first-order valence-corrected chi connectivity index (χ1v) is 5.79. The van der Waals surface area contributed by atoms with E-state index in [1.54, 1.807) is 16.9 Å². The van der Waals surface area contributed by atoms with E-state index in [-0.39, 0.29) is 5.91 Å². The van der Waals surface area contributed by atoms with Gasteiger partial charge in [0.15, 0.2) is 0 Å². The summed E-state index contributed by atoms with van der Waals surface area (Å²) in [5, 5.41) is 7.42. The van der Waals surface area contributed by atoms with Crippen LogP contribution in [0.3, 0.4) is 0 Å². The summed E-state index contributed by atoms with van der Waals surface area (Å²) in [4.78, 5) is 16.0. The van der Waals surface area contributed by atoms with Crippen molar-refractivity contribution in [1.82, 2.24) is 14.8 Å². The molecule has 18 heavy (non-hydrogen) atoms. The molecule has 2 aromatic heterocycles. The minimum atomic E-state index is -0.285. The number of rotatable bonds is 2. The van der Waals surface area contributed by atoms with Crippen LogP contribution < -0.4 is 5.32 Å². The molecule has 1 N–H and O–H groups in total. The molecule has 0 atom stereocenters. The fourth-order valence-corrected chi connectivity index (χ4v) is 1.87. The zero-order valence-electron chi connectivity index (χ0n) is 10.4. The number of pyridine rings is 1. The molecule has 94 valence electrons. The third kappa shape index (κ3) is 2.22. The first-order chi connectivity index (χ1) is 8.50. The van der Waals surface area contributed by atoms with Gasteiger partial charge in [-0.15, -0.1) is 0 Å². The lowest BCUT2D eigenvalue weighted by Crippen LogP contribution is -2.14. The standard InChI is InChI=1S/C12H13ClN4O/c1-7-11(8(2)17(3)16-7)15-12(18)9-6-14-5-4-10(9)13/h4-6H,1-3H3,(H,15,18). The summed E-state index contributed by atoms with van der Waals surface area (Å²) in [6.45, 7) is 3.73. The summed E-state index contributed by atoms with van der Waals surface area (Å²) in [6.07, 6.45) is 2.98. The maximum atomic E-state index is 12.1. The molecule has 0 spiro atoms. The second kappa shape index (κ2) is 4.78. The highest BCUT2D eigenvalue weighted by Gasteiger charge is 2.15. The van der Waals surface area contributed by atoms with Gasteiger partial charge in [-0.3, -0.25) is 14.5 Å². The highest BCUT2D eigenvalue weighted by molar-refractivity contribution is 6.34. The van der Waals surface area contributed by atoms with E-state index in [9.17, 15) is 4.79 Å². The molecule has 1 amide bonds. The van der Waals surface area contributed by atoms with Crippen LogP contribution in [0.5, 0.6) is 0 Å². The van der Waals surface area contributed by atoms with Crippen LogP contribution in [-0.4, -0.2) is 20.7 Å². The second-order valence-corrected chi connectivity index (χ2v) is 4.39. The van der Waals surface area contributed by atoms with Crippen molar-refractivity contribution in [2.75, 3.05) is 5.32 Å². The number of nitrogens with zero attached hydrogens (tertiary/aromatic N) is 3. The zero-order chi connectivity index (χ0) is 13.3. The molecule has 6 heteroatoms. The van der Waals surface area contributed by atoms with E-state index in [2.05, 4.69) is 15.4 Å². The lowest BCUT2D eigenvalue weighted by Gasteiger charge is -2.06. The van der Waals surface area contributed by atoms with Gasteiger partial charge >= 0.3 is 0 Å². The fourth-order valence-electron chi connectivity index (χ4n) is 1.68. The summed E-state index contributed by atoms with van der Waals surface area (Å²) in [5.41, 5.74) is 2.72. The Morgan fingerprint density at radius 1 is 1.44 bits per heavy atom. The topological polar surface area (TPSA) is 59.8 Å². The Morgan fingerprint density at radius 3 is 2.72 bits per heavy atom. The molecule has 2 aromatic rings. The van der Waals surface area contributed by atoms with E-state index in [4.69, 9.17) is 11.6 Å². The number of carbonyl (C=O) groups is 1. The molecule has 0 saturated heterocycles. The smallest absolute Gasteiger partial charge is 0.258 e. The Labute approximate surface area is 110 Å². The highest BCUT2D eigenvalue weighted by Crippen LogP contribution is 2.21. The van der Waals surface area contributed by atoms with Crippen molar-refractivity contribution in [3.8, 4) is 0 Å². The van der Waals surface area contributed by atoms with Crippen LogP contribution >= 0.6 is 11.6 Å². The van der Waals surface area contributed by atoms with Gasteiger partial charge in [0.1, 0.15) is 0 Å². The Morgan fingerprint density at radius 2 is 2.17 bits per heavy atom. The fraction of sp³-hybridized carbons (Fsp3) is 0.250. The van der Waals surface area contributed by atoms with Gasteiger partial charge in [0.05, 0.1) is 27.7 Å². The number of aryl methyl sites for hydroxylation is 2. The largest absolute Gasteiger partial charge is 0.319 e. The molecular formula is C12H13ClN4O. The molecule has 0 bridgehead atoms. The van der Waals surface area contributed by atoms with Crippen LogP contribution in [0.15, 0.2) is 18.5 Å². The van der Waals surface area contributed by atoms with Gasteiger partial charge in [0, 0.05) is 19.4 Å². The van der Waals surface area contributed by atoms with Gasteiger partial charge in [0.2, 0.25) is 0 Å². The summed E-state index contributed by atoms with van der Waals surface area (Å²) in [7, 11) is 1.83. The van der Waals surface area contributed by atoms with Crippen molar-refractivity contribution in [2.24, 2.45) is 7.05 Å². The molecule has 2 rings (SSSR count). The third-order valence-corrected chi connectivity index (χ3v) is 3.09. The number of carbonyl (C=O) groups excluding carboxylic acids is 1. The predicted octanol–water partition coefficient (Wildman–Crippen LogP) is 2.34. The minimum Gasteiger partial charge on any atom is -0.319 e. The molecule has 0 saturated carbocycles. The van der Waals surface area contributed by atoms with Gasteiger partial charge < -0.3 is 5.32 Å². The van der Waals surface area contributed by atoms with Gasteiger partial charge in [-0.25, -0.2) is 0 Å². The SMILES string of the molecule is Cc1nn(C)c(C)c1NC(=O)c1cnccc1Cl.